The third-order valence-corrected chi connectivity index (χ3v) is 8.42. The number of hydrogen-bond donors (Lipinski definition) is 0. The maximum Gasteiger partial charge on any atom is 0.266 e. The van der Waals surface area contributed by atoms with Crippen LogP contribution in [-0.2, 0) is 18.7 Å². The normalized spacial score (nSPS) is 12.9. The summed E-state index contributed by atoms with van der Waals surface area (Å²) < 4.78 is 15.7. The fourth-order valence-electron chi connectivity index (χ4n) is 5.19. The summed E-state index contributed by atoms with van der Waals surface area (Å²) in [4.78, 5) is 34.0. The Morgan fingerprint density at radius 2 is 1.77 bits per heavy atom. The van der Waals surface area contributed by atoms with Crippen LogP contribution in [0.4, 0.5) is 4.39 Å². The average molecular weight is 550 g/mol. The maximum atomic E-state index is 14.2. The van der Waals surface area contributed by atoms with Crippen molar-refractivity contribution >= 4 is 28.6 Å². The van der Waals surface area contributed by atoms with Crippen molar-refractivity contribution in [2.75, 3.05) is 6.54 Å². The predicted octanol–water partition coefficient (Wildman–Crippen LogP) is 6.63. The number of nitrogens with zero attached hydrogens (tertiary/aromatic N) is 3. The van der Waals surface area contributed by atoms with E-state index in [0.29, 0.717) is 46.2 Å². The highest BCUT2D eigenvalue weighted by molar-refractivity contribution is 7.98. The summed E-state index contributed by atoms with van der Waals surface area (Å²) in [6, 6.07) is 25.5. The first-order chi connectivity index (χ1) is 19.4. The van der Waals surface area contributed by atoms with E-state index in [2.05, 4.69) is 37.3 Å². The second-order valence-electron chi connectivity index (χ2n) is 10.2. The fraction of sp³-hybridized carbons (Fsp3) is 0.182. The Labute approximate surface area is 236 Å². The monoisotopic (exact) mass is 549 g/mol. The number of carbonyl (C=O) groups is 1. The molecule has 4 aromatic carbocycles. The molecule has 0 unspecified atom stereocenters. The van der Waals surface area contributed by atoms with Crippen LogP contribution in [0.1, 0.15) is 38.2 Å². The predicted molar refractivity (Wildman–Crippen MR) is 158 cm³/mol. The van der Waals surface area contributed by atoms with Gasteiger partial charge in [0.05, 0.1) is 16.6 Å². The number of aromatic nitrogens is 2. The van der Waals surface area contributed by atoms with Crippen molar-refractivity contribution in [3.8, 4) is 5.69 Å². The van der Waals surface area contributed by atoms with E-state index in [0.717, 1.165) is 28.7 Å². The smallest absolute Gasteiger partial charge is 0.266 e. The van der Waals surface area contributed by atoms with Crippen molar-refractivity contribution < 1.29 is 9.18 Å². The zero-order valence-corrected chi connectivity index (χ0v) is 23.2. The number of aryl methyl sites for hydroxylation is 2. The molecule has 6 rings (SSSR count). The second-order valence-corrected chi connectivity index (χ2v) is 11.2. The molecule has 5 nitrogen and oxygen atoms in total. The van der Waals surface area contributed by atoms with Crippen LogP contribution in [0.25, 0.3) is 16.6 Å². The highest BCUT2D eigenvalue weighted by atomic mass is 32.2. The molecule has 0 fully saturated rings. The summed E-state index contributed by atoms with van der Waals surface area (Å²) in [7, 11) is 0. The SMILES string of the molecule is Cc1ccc(C)c(CSc2nc3cc(C(=O)N4CCc5ccccc5C4)ccc3c(=O)n2-c2cccc(F)c2)c1. The molecule has 2 heterocycles. The largest absolute Gasteiger partial charge is 0.334 e. The van der Waals surface area contributed by atoms with Gasteiger partial charge in [-0.15, -0.1) is 0 Å². The maximum absolute atomic E-state index is 14.2. The van der Waals surface area contributed by atoms with E-state index in [4.69, 9.17) is 4.98 Å². The molecule has 1 amide bonds. The number of amides is 1. The van der Waals surface area contributed by atoms with Crippen LogP contribution in [-0.4, -0.2) is 26.9 Å². The molecule has 0 atom stereocenters. The Hall–Kier alpha value is -4.23. The number of hydrogen-bond acceptors (Lipinski definition) is 4. The van der Waals surface area contributed by atoms with Gasteiger partial charge in [0.15, 0.2) is 5.16 Å². The van der Waals surface area contributed by atoms with Crippen LogP contribution >= 0.6 is 11.8 Å². The van der Waals surface area contributed by atoms with Crippen molar-refractivity contribution in [3.63, 3.8) is 0 Å². The van der Waals surface area contributed by atoms with Gasteiger partial charge in [-0.25, -0.2) is 9.37 Å². The lowest BCUT2D eigenvalue weighted by molar-refractivity contribution is 0.0735. The first-order valence-corrected chi connectivity index (χ1v) is 14.2. The van der Waals surface area contributed by atoms with Gasteiger partial charge in [0, 0.05) is 24.4 Å². The standard InChI is InChI=1S/C33H28FN3O2S/c1-21-10-11-22(2)26(16-21)20-40-33-35-30-17-24(31(38)36-15-14-23-6-3-4-7-25(23)19-36)12-13-29(30)32(39)37(33)28-9-5-8-27(34)18-28/h3-13,16-18H,14-15,19-20H2,1-2H3. The van der Waals surface area contributed by atoms with Gasteiger partial charge in [-0.3, -0.25) is 14.2 Å². The number of thioether (sulfide) groups is 1. The van der Waals surface area contributed by atoms with Crippen molar-refractivity contribution in [2.45, 2.75) is 37.7 Å². The van der Waals surface area contributed by atoms with Crippen molar-refractivity contribution in [3.05, 3.63) is 134 Å². The van der Waals surface area contributed by atoms with Gasteiger partial charge >= 0.3 is 0 Å². The van der Waals surface area contributed by atoms with Gasteiger partial charge < -0.3 is 4.90 Å². The van der Waals surface area contributed by atoms with Crippen LogP contribution in [0, 0.1) is 19.7 Å². The third-order valence-electron chi connectivity index (χ3n) is 7.43. The Morgan fingerprint density at radius 3 is 2.60 bits per heavy atom. The lowest BCUT2D eigenvalue weighted by atomic mass is 9.99. The van der Waals surface area contributed by atoms with E-state index >= 15 is 0 Å². The summed E-state index contributed by atoms with van der Waals surface area (Å²) in [5.74, 6) is 0.0724. The molecule has 0 saturated heterocycles. The summed E-state index contributed by atoms with van der Waals surface area (Å²) in [6.07, 6.45) is 0.811. The van der Waals surface area contributed by atoms with Gasteiger partial charge in [-0.2, -0.15) is 0 Å². The van der Waals surface area contributed by atoms with E-state index in [1.54, 1.807) is 30.3 Å². The van der Waals surface area contributed by atoms with Crippen molar-refractivity contribution in [1.29, 1.82) is 0 Å². The molecular weight excluding hydrogens is 521 g/mol. The molecule has 5 aromatic rings. The second kappa shape index (κ2) is 10.7. The summed E-state index contributed by atoms with van der Waals surface area (Å²) in [5, 5.41) is 0.821. The fourth-order valence-corrected chi connectivity index (χ4v) is 6.26. The van der Waals surface area contributed by atoms with E-state index in [9.17, 15) is 14.0 Å². The lowest BCUT2D eigenvalue weighted by Crippen LogP contribution is -2.36. The number of halogens is 1. The van der Waals surface area contributed by atoms with E-state index < -0.39 is 5.82 Å². The quantitative estimate of drug-likeness (QED) is 0.182. The minimum Gasteiger partial charge on any atom is -0.334 e. The van der Waals surface area contributed by atoms with Crippen LogP contribution in [0.3, 0.4) is 0 Å². The van der Waals surface area contributed by atoms with Gasteiger partial charge in [0.25, 0.3) is 11.5 Å². The van der Waals surface area contributed by atoms with Crippen LogP contribution in [0.5, 0.6) is 0 Å². The van der Waals surface area contributed by atoms with Crippen molar-refractivity contribution in [1.82, 2.24) is 14.5 Å². The zero-order chi connectivity index (χ0) is 27.8. The highest BCUT2D eigenvalue weighted by Crippen LogP contribution is 2.28. The molecule has 200 valence electrons. The summed E-state index contributed by atoms with van der Waals surface area (Å²) in [5.41, 5.74) is 6.92. The molecule has 0 radical (unpaired) electrons. The first-order valence-electron chi connectivity index (χ1n) is 13.2. The number of benzene rings is 4. The van der Waals surface area contributed by atoms with Crippen LogP contribution in [0.15, 0.2) is 94.9 Å². The Bertz CT molecular complexity index is 1830. The Kier molecular flexibility index (Phi) is 6.98. The topological polar surface area (TPSA) is 55.2 Å². The molecule has 1 aromatic heterocycles. The number of carbonyl (C=O) groups excluding carboxylic acids is 1. The molecule has 1 aliphatic rings. The minimum atomic E-state index is -0.431. The van der Waals surface area contributed by atoms with Gasteiger partial charge in [-0.05, 0) is 78.9 Å². The molecule has 7 heteroatoms. The van der Waals surface area contributed by atoms with Crippen molar-refractivity contribution in [2.24, 2.45) is 0 Å². The molecule has 0 spiro atoms. The zero-order valence-electron chi connectivity index (χ0n) is 22.4. The molecule has 0 bridgehead atoms. The summed E-state index contributed by atoms with van der Waals surface area (Å²) in [6.45, 7) is 5.29. The number of rotatable bonds is 5. The van der Waals surface area contributed by atoms with Gasteiger partial charge in [-0.1, -0.05) is 65.9 Å². The van der Waals surface area contributed by atoms with Crippen LogP contribution < -0.4 is 5.56 Å². The molecule has 0 aliphatic carbocycles. The average Bonchev–Trinajstić information content (AvgIpc) is 2.96. The third kappa shape index (κ3) is 5.05. The van der Waals surface area contributed by atoms with Gasteiger partial charge in [0.1, 0.15) is 5.82 Å². The Balaban J connectivity index is 1.40. The molecular formula is C33H28FN3O2S. The van der Waals surface area contributed by atoms with E-state index in [-0.39, 0.29) is 11.5 Å². The van der Waals surface area contributed by atoms with E-state index in [1.165, 1.54) is 34.0 Å². The molecule has 0 N–H and O–H groups in total. The van der Waals surface area contributed by atoms with Crippen LogP contribution in [0.2, 0.25) is 0 Å². The first kappa shape index (κ1) is 26.0. The summed E-state index contributed by atoms with van der Waals surface area (Å²) >= 11 is 1.42. The van der Waals surface area contributed by atoms with Gasteiger partial charge in [0.2, 0.25) is 0 Å². The highest BCUT2D eigenvalue weighted by Gasteiger charge is 2.23. The molecule has 0 saturated carbocycles. The van der Waals surface area contributed by atoms with E-state index in [1.807, 2.05) is 24.0 Å². The molecule has 40 heavy (non-hydrogen) atoms. The minimum absolute atomic E-state index is 0.0860. The molecule has 1 aliphatic heterocycles. The lowest BCUT2D eigenvalue weighted by Gasteiger charge is -2.29. The Morgan fingerprint density at radius 1 is 0.950 bits per heavy atom. The number of fused-ring (bicyclic) bond motifs is 2.